The molecule has 0 aliphatic heterocycles. The predicted octanol–water partition coefficient (Wildman–Crippen LogP) is 3.67. The number of benzene rings is 1. The number of hydrogen-bond acceptors (Lipinski definition) is 3. The highest BCUT2D eigenvalue weighted by atomic mass is 16.5. The molecule has 1 unspecified atom stereocenters. The number of fused-ring (bicyclic) bond motifs is 3. The van der Waals surface area contributed by atoms with Crippen LogP contribution in [0.1, 0.15) is 18.4 Å². The maximum absolute atomic E-state index is 9.85. The molecule has 4 rings (SSSR count). The molecule has 0 amide bonds. The lowest BCUT2D eigenvalue weighted by molar-refractivity contribution is 0.0795. The molecule has 1 aromatic heterocycles. The number of rotatable bonds is 4. The molecule has 0 radical (unpaired) electrons. The Kier molecular flexibility index (Phi) is 3.15. The fraction of sp³-hybridized carbons (Fsp3) is 0.389. The van der Waals surface area contributed by atoms with E-state index in [0.29, 0.717) is 18.0 Å². The average molecular weight is 281 g/mol. The van der Waals surface area contributed by atoms with Crippen LogP contribution in [0.3, 0.4) is 0 Å². The lowest BCUT2D eigenvalue weighted by atomic mass is 9.95. The number of aromatic nitrogens is 1. The van der Waals surface area contributed by atoms with Crippen molar-refractivity contribution in [2.24, 2.45) is 17.8 Å². The SMILES string of the molecule is Oc1ccc(COCC2C[C@H]3C=C[C@@H]2C3)c2cccnc12. The lowest BCUT2D eigenvalue weighted by Gasteiger charge is -2.18. The Balaban J connectivity index is 1.46. The molecular weight excluding hydrogens is 262 g/mol. The molecule has 2 bridgehead atoms. The highest BCUT2D eigenvalue weighted by Gasteiger charge is 2.35. The number of aromatic hydroxyl groups is 1. The Morgan fingerprint density at radius 2 is 2.14 bits per heavy atom. The summed E-state index contributed by atoms with van der Waals surface area (Å²) in [5.41, 5.74) is 1.75. The van der Waals surface area contributed by atoms with Crippen molar-refractivity contribution in [1.82, 2.24) is 4.98 Å². The van der Waals surface area contributed by atoms with E-state index in [1.807, 2.05) is 18.2 Å². The molecule has 1 saturated carbocycles. The van der Waals surface area contributed by atoms with Crippen LogP contribution in [0.5, 0.6) is 5.75 Å². The summed E-state index contributed by atoms with van der Waals surface area (Å²) in [6.07, 6.45) is 9.02. The van der Waals surface area contributed by atoms with Gasteiger partial charge in [0.2, 0.25) is 0 Å². The zero-order valence-electron chi connectivity index (χ0n) is 11.9. The van der Waals surface area contributed by atoms with Gasteiger partial charge in [0.1, 0.15) is 11.3 Å². The van der Waals surface area contributed by atoms with Gasteiger partial charge in [-0.3, -0.25) is 4.98 Å². The fourth-order valence-corrected chi connectivity index (χ4v) is 3.75. The molecule has 2 aliphatic carbocycles. The molecule has 2 aromatic rings. The molecule has 2 aliphatic rings. The summed E-state index contributed by atoms with van der Waals surface area (Å²) in [4.78, 5) is 4.24. The molecule has 0 spiro atoms. The van der Waals surface area contributed by atoms with E-state index < -0.39 is 0 Å². The van der Waals surface area contributed by atoms with Crippen LogP contribution in [-0.2, 0) is 11.3 Å². The van der Waals surface area contributed by atoms with Crippen molar-refractivity contribution in [3.05, 3.63) is 48.2 Å². The maximum Gasteiger partial charge on any atom is 0.141 e. The Morgan fingerprint density at radius 1 is 1.19 bits per heavy atom. The van der Waals surface area contributed by atoms with E-state index in [2.05, 4.69) is 17.1 Å². The van der Waals surface area contributed by atoms with E-state index >= 15 is 0 Å². The average Bonchev–Trinajstić information content (AvgIpc) is 3.13. The number of hydrogen-bond donors (Lipinski definition) is 1. The number of phenolic OH excluding ortho intramolecular Hbond substituents is 1. The molecule has 3 nitrogen and oxygen atoms in total. The highest BCUT2D eigenvalue weighted by molar-refractivity contribution is 5.86. The van der Waals surface area contributed by atoms with Gasteiger partial charge in [0, 0.05) is 11.6 Å². The van der Waals surface area contributed by atoms with Crippen LogP contribution >= 0.6 is 0 Å². The van der Waals surface area contributed by atoms with Gasteiger partial charge >= 0.3 is 0 Å². The number of pyridine rings is 1. The molecular formula is C18H19NO2. The molecule has 21 heavy (non-hydrogen) atoms. The van der Waals surface area contributed by atoms with Crippen LogP contribution in [0.15, 0.2) is 42.6 Å². The van der Waals surface area contributed by atoms with E-state index in [1.165, 1.54) is 12.8 Å². The van der Waals surface area contributed by atoms with Gasteiger partial charge in [0.15, 0.2) is 0 Å². The zero-order valence-corrected chi connectivity index (χ0v) is 11.9. The van der Waals surface area contributed by atoms with Gasteiger partial charge < -0.3 is 9.84 Å². The van der Waals surface area contributed by atoms with Gasteiger partial charge in [-0.2, -0.15) is 0 Å². The van der Waals surface area contributed by atoms with Crippen molar-refractivity contribution in [3.63, 3.8) is 0 Å². The van der Waals surface area contributed by atoms with Crippen LogP contribution in [0.25, 0.3) is 10.9 Å². The van der Waals surface area contributed by atoms with Gasteiger partial charge in [-0.1, -0.05) is 24.3 Å². The number of phenols is 1. The van der Waals surface area contributed by atoms with Crippen LogP contribution in [-0.4, -0.2) is 16.7 Å². The first-order valence-electron chi connectivity index (χ1n) is 7.63. The third kappa shape index (κ3) is 2.32. The summed E-state index contributed by atoms with van der Waals surface area (Å²) < 4.78 is 5.96. The van der Waals surface area contributed by atoms with Crippen LogP contribution < -0.4 is 0 Å². The summed E-state index contributed by atoms with van der Waals surface area (Å²) in [7, 11) is 0. The third-order valence-corrected chi connectivity index (χ3v) is 4.84. The standard InChI is InChI=1S/C18H19NO2/c20-17-6-5-14(16-2-1-7-19-18(16)17)10-21-11-15-9-12-3-4-13(15)8-12/h1-7,12-13,15,20H,8-11H2/t12-,13+,15?/m0/s1. The van der Waals surface area contributed by atoms with Crippen molar-refractivity contribution >= 4 is 10.9 Å². The molecule has 108 valence electrons. The van der Waals surface area contributed by atoms with E-state index in [4.69, 9.17) is 4.74 Å². The summed E-state index contributed by atoms with van der Waals surface area (Å²) in [6.45, 7) is 1.41. The largest absolute Gasteiger partial charge is 0.506 e. The summed E-state index contributed by atoms with van der Waals surface area (Å²) >= 11 is 0. The molecule has 3 heteroatoms. The van der Waals surface area contributed by atoms with Crippen molar-refractivity contribution in [1.29, 1.82) is 0 Å². The second kappa shape index (κ2) is 5.15. The van der Waals surface area contributed by atoms with Gasteiger partial charge in [-0.05, 0) is 48.3 Å². The van der Waals surface area contributed by atoms with Crippen LogP contribution in [0, 0.1) is 17.8 Å². The molecule has 1 aromatic carbocycles. The Morgan fingerprint density at radius 3 is 2.95 bits per heavy atom. The monoisotopic (exact) mass is 281 g/mol. The lowest BCUT2D eigenvalue weighted by Crippen LogP contribution is -2.14. The number of allylic oxidation sites excluding steroid dienone is 2. The van der Waals surface area contributed by atoms with Gasteiger partial charge in [-0.15, -0.1) is 0 Å². The quantitative estimate of drug-likeness (QED) is 0.869. The van der Waals surface area contributed by atoms with Crippen molar-refractivity contribution in [2.75, 3.05) is 6.61 Å². The Bertz CT molecular complexity index is 695. The second-order valence-electron chi connectivity index (χ2n) is 6.20. The zero-order chi connectivity index (χ0) is 14.2. The summed E-state index contributed by atoms with van der Waals surface area (Å²) in [6, 6.07) is 7.52. The maximum atomic E-state index is 9.85. The van der Waals surface area contributed by atoms with Gasteiger partial charge in [0.25, 0.3) is 0 Å². The molecule has 3 atom stereocenters. The van der Waals surface area contributed by atoms with Crippen LogP contribution in [0.2, 0.25) is 0 Å². The highest BCUT2D eigenvalue weighted by Crippen LogP contribution is 2.43. The van der Waals surface area contributed by atoms with Crippen molar-refractivity contribution in [2.45, 2.75) is 19.4 Å². The second-order valence-corrected chi connectivity index (χ2v) is 6.20. The molecule has 1 heterocycles. The number of nitrogens with zero attached hydrogens (tertiary/aromatic N) is 1. The van der Waals surface area contributed by atoms with E-state index in [0.717, 1.165) is 29.4 Å². The van der Waals surface area contributed by atoms with Crippen molar-refractivity contribution < 1.29 is 9.84 Å². The van der Waals surface area contributed by atoms with Gasteiger partial charge in [-0.25, -0.2) is 0 Å². The van der Waals surface area contributed by atoms with E-state index in [9.17, 15) is 5.11 Å². The topological polar surface area (TPSA) is 42.4 Å². The summed E-state index contributed by atoms with van der Waals surface area (Å²) in [5.74, 6) is 2.43. The third-order valence-electron chi connectivity index (χ3n) is 4.84. The first kappa shape index (κ1) is 12.8. The van der Waals surface area contributed by atoms with Crippen molar-refractivity contribution in [3.8, 4) is 5.75 Å². The molecule has 1 fully saturated rings. The smallest absolute Gasteiger partial charge is 0.141 e. The van der Waals surface area contributed by atoms with E-state index in [1.54, 1.807) is 12.3 Å². The first-order chi connectivity index (χ1) is 10.3. The Hall–Kier alpha value is -1.87. The summed E-state index contributed by atoms with van der Waals surface area (Å²) in [5, 5.41) is 10.8. The fourth-order valence-electron chi connectivity index (χ4n) is 3.75. The van der Waals surface area contributed by atoms with Crippen LogP contribution in [0.4, 0.5) is 0 Å². The predicted molar refractivity (Wildman–Crippen MR) is 81.9 cm³/mol. The minimum Gasteiger partial charge on any atom is -0.506 e. The minimum absolute atomic E-state index is 0.229. The molecule has 1 N–H and O–H groups in total. The molecule has 0 saturated heterocycles. The van der Waals surface area contributed by atoms with Gasteiger partial charge in [0.05, 0.1) is 13.2 Å². The Labute approximate surface area is 124 Å². The normalized spacial score (nSPS) is 26.8. The minimum atomic E-state index is 0.229. The first-order valence-corrected chi connectivity index (χ1v) is 7.63. The van der Waals surface area contributed by atoms with E-state index in [-0.39, 0.29) is 5.75 Å². The number of ether oxygens (including phenoxy) is 1.